The molecule has 152 valence electrons. The van der Waals surface area contributed by atoms with Gasteiger partial charge in [-0.2, -0.15) is 0 Å². The van der Waals surface area contributed by atoms with Gasteiger partial charge in [0, 0.05) is 44.1 Å². The number of hydrogen-bond donors (Lipinski definition) is 0. The third kappa shape index (κ3) is 3.73. The van der Waals surface area contributed by atoms with E-state index in [1.54, 1.807) is 5.56 Å². The first kappa shape index (κ1) is 18.9. The van der Waals surface area contributed by atoms with Gasteiger partial charge in [0.25, 0.3) is 0 Å². The average molecular weight is 389 g/mol. The molecular weight excluding hydrogens is 356 g/mol. The van der Waals surface area contributed by atoms with Gasteiger partial charge in [0.15, 0.2) is 0 Å². The monoisotopic (exact) mass is 388 g/mol. The van der Waals surface area contributed by atoms with Crippen molar-refractivity contribution in [2.75, 3.05) is 26.2 Å². The van der Waals surface area contributed by atoms with Crippen molar-refractivity contribution in [3.05, 3.63) is 71.3 Å². The molecule has 2 aliphatic heterocycles. The van der Waals surface area contributed by atoms with E-state index in [4.69, 9.17) is 0 Å². The zero-order valence-electron chi connectivity index (χ0n) is 17.4. The van der Waals surface area contributed by atoms with Crippen LogP contribution in [0.1, 0.15) is 48.8 Å². The van der Waals surface area contributed by atoms with Crippen LogP contribution in [0.4, 0.5) is 0 Å². The molecule has 1 spiro atoms. The average Bonchev–Trinajstić information content (AvgIpc) is 2.72. The normalized spacial score (nSPS) is 21.6. The Morgan fingerprint density at radius 1 is 0.966 bits per heavy atom. The van der Waals surface area contributed by atoms with Crippen LogP contribution in [0.25, 0.3) is 0 Å². The van der Waals surface area contributed by atoms with Gasteiger partial charge in [0.1, 0.15) is 0 Å². The number of likely N-dealkylation sites (tertiary alicyclic amines) is 1. The van der Waals surface area contributed by atoms with Gasteiger partial charge in [-0.15, -0.1) is 0 Å². The van der Waals surface area contributed by atoms with Gasteiger partial charge < -0.3 is 4.90 Å². The number of piperidine rings is 1. The molecule has 0 radical (unpaired) electrons. The van der Waals surface area contributed by atoms with Gasteiger partial charge in [0.2, 0.25) is 5.91 Å². The molecule has 3 aliphatic rings. The van der Waals surface area contributed by atoms with Crippen molar-refractivity contribution in [2.24, 2.45) is 5.92 Å². The second kappa shape index (κ2) is 7.95. The van der Waals surface area contributed by atoms with Crippen LogP contribution in [0.3, 0.4) is 0 Å². The Labute approximate surface area is 174 Å². The minimum atomic E-state index is 0.210. The maximum absolute atomic E-state index is 12.7. The minimum Gasteiger partial charge on any atom is -0.342 e. The van der Waals surface area contributed by atoms with E-state index in [0.717, 1.165) is 64.8 Å². The van der Waals surface area contributed by atoms with Crippen LogP contribution in [0, 0.1) is 5.92 Å². The zero-order valence-corrected chi connectivity index (χ0v) is 17.4. The van der Waals surface area contributed by atoms with Crippen molar-refractivity contribution in [3.8, 4) is 0 Å². The number of rotatable bonds is 4. The summed E-state index contributed by atoms with van der Waals surface area (Å²) in [6.07, 6.45) is 6.76. The number of carbonyl (C=O) groups is 1. The molecule has 3 nitrogen and oxygen atoms in total. The zero-order chi connectivity index (χ0) is 19.7. The molecule has 1 aliphatic carbocycles. The number of hydrogen-bond acceptors (Lipinski definition) is 2. The van der Waals surface area contributed by atoms with Crippen molar-refractivity contribution >= 4 is 5.91 Å². The first-order chi connectivity index (χ1) is 14.2. The standard InChI is InChI=1S/C26H32N2O/c29-25(22-10-6-11-22)28-17-14-26(15-18-28)20-27(16-13-21-7-2-1-3-8-21)19-23-9-4-5-12-24(23)26/h1-5,7-9,12,22H,6,10-11,13-20H2. The van der Waals surface area contributed by atoms with Crippen molar-refractivity contribution in [1.82, 2.24) is 9.80 Å². The number of nitrogens with zero attached hydrogens (tertiary/aromatic N) is 2. The molecule has 0 unspecified atom stereocenters. The molecular formula is C26H32N2O. The second-order valence-corrected chi connectivity index (χ2v) is 9.34. The van der Waals surface area contributed by atoms with E-state index in [1.807, 2.05) is 0 Å². The summed E-state index contributed by atoms with van der Waals surface area (Å²) in [6.45, 7) is 5.13. The maximum atomic E-state index is 12.7. The lowest BCUT2D eigenvalue weighted by Gasteiger charge is -2.49. The van der Waals surface area contributed by atoms with E-state index in [2.05, 4.69) is 64.4 Å². The van der Waals surface area contributed by atoms with Gasteiger partial charge in [-0.3, -0.25) is 9.69 Å². The van der Waals surface area contributed by atoms with Gasteiger partial charge in [-0.05, 0) is 48.8 Å². The number of benzene rings is 2. The number of amides is 1. The lowest BCUT2D eigenvalue weighted by molar-refractivity contribution is -0.140. The summed E-state index contributed by atoms with van der Waals surface area (Å²) in [4.78, 5) is 17.6. The quantitative estimate of drug-likeness (QED) is 0.775. The van der Waals surface area contributed by atoms with Crippen LogP contribution in [-0.4, -0.2) is 41.9 Å². The molecule has 0 bridgehead atoms. The molecule has 1 saturated heterocycles. The van der Waals surface area contributed by atoms with E-state index in [9.17, 15) is 4.79 Å². The predicted molar refractivity (Wildman–Crippen MR) is 117 cm³/mol. The van der Waals surface area contributed by atoms with E-state index >= 15 is 0 Å². The highest BCUT2D eigenvalue weighted by Gasteiger charge is 2.43. The molecule has 2 heterocycles. The highest BCUT2D eigenvalue weighted by Crippen LogP contribution is 2.42. The Morgan fingerprint density at radius 3 is 2.41 bits per heavy atom. The SMILES string of the molecule is O=C(C1CCC1)N1CCC2(CC1)CN(CCc1ccccc1)Cc1ccccc12. The summed E-state index contributed by atoms with van der Waals surface area (Å²) in [6, 6.07) is 19.9. The van der Waals surface area contributed by atoms with Crippen molar-refractivity contribution in [3.63, 3.8) is 0 Å². The van der Waals surface area contributed by atoms with Gasteiger partial charge in [-0.1, -0.05) is 61.0 Å². The summed E-state index contributed by atoms with van der Waals surface area (Å²) < 4.78 is 0. The van der Waals surface area contributed by atoms with Crippen LogP contribution in [0.5, 0.6) is 0 Å². The minimum absolute atomic E-state index is 0.210. The Kier molecular flexibility index (Phi) is 5.17. The fraction of sp³-hybridized carbons (Fsp3) is 0.500. The Balaban J connectivity index is 1.31. The molecule has 3 heteroatoms. The molecule has 2 aromatic rings. The van der Waals surface area contributed by atoms with Crippen LogP contribution < -0.4 is 0 Å². The van der Waals surface area contributed by atoms with Crippen LogP contribution in [0.2, 0.25) is 0 Å². The summed E-state index contributed by atoms with van der Waals surface area (Å²) in [7, 11) is 0. The molecule has 2 aromatic carbocycles. The van der Waals surface area contributed by atoms with Gasteiger partial charge in [-0.25, -0.2) is 0 Å². The molecule has 0 atom stereocenters. The molecule has 1 saturated carbocycles. The van der Waals surface area contributed by atoms with Crippen LogP contribution >= 0.6 is 0 Å². The Morgan fingerprint density at radius 2 is 1.69 bits per heavy atom. The fourth-order valence-electron chi connectivity index (χ4n) is 5.57. The lowest BCUT2D eigenvalue weighted by atomic mass is 9.68. The van der Waals surface area contributed by atoms with E-state index in [0.29, 0.717) is 11.8 Å². The molecule has 1 amide bonds. The molecule has 29 heavy (non-hydrogen) atoms. The van der Waals surface area contributed by atoms with E-state index < -0.39 is 0 Å². The van der Waals surface area contributed by atoms with Gasteiger partial charge >= 0.3 is 0 Å². The van der Waals surface area contributed by atoms with E-state index in [1.165, 1.54) is 17.5 Å². The Bertz CT molecular complexity index is 850. The molecule has 2 fully saturated rings. The topological polar surface area (TPSA) is 23.6 Å². The van der Waals surface area contributed by atoms with Crippen LogP contribution in [-0.2, 0) is 23.2 Å². The second-order valence-electron chi connectivity index (χ2n) is 9.34. The summed E-state index contributed by atoms with van der Waals surface area (Å²) in [5.41, 5.74) is 4.67. The predicted octanol–water partition coefficient (Wildman–Crippen LogP) is 4.41. The van der Waals surface area contributed by atoms with Crippen molar-refractivity contribution < 1.29 is 4.79 Å². The first-order valence-electron chi connectivity index (χ1n) is 11.4. The highest BCUT2D eigenvalue weighted by atomic mass is 16.2. The number of carbonyl (C=O) groups excluding carboxylic acids is 1. The largest absolute Gasteiger partial charge is 0.342 e. The number of fused-ring (bicyclic) bond motifs is 2. The third-order valence-electron chi connectivity index (χ3n) is 7.56. The Hall–Kier alpha value is -2.13. The smallest absolute Gasteiger partial charge is 0.225 e. The van der Waals surface area contributed by atoms with Crippen LogP contribution in [0.15, 0.2) is 54.6 Å². The first-order valence-corrected chi connectivity index (χ1v) is 11.4. The third-order valence-corrected chi connectivity index (χ3v) is 7.56. The van der Waals surface area contributed by atoms with Gasteiger partial charge in [0.05, 0.1) is 0 Å². The molecule has 5 rings (SSSR count). The summed E-state index contributed by atoms with van der Waals surface area (Å²) >= 11 is 0. The van der Waals surface area contributed by atoms with Crippen molar-refractivity contribution in [2.45, 2.75) is 50.5 Å². The molecule has 0 N–H and O–H groups in total. The summed E-state index contributed by atoms with van der Waals surface area (Å²) in [5.74, 6) is 0.751. The highest BCUT2D eigenvalue weighted by molar-refractivity contribution is 5.79. The molecule has 0 aromatic heterocycles. The van der Waals surface area contributed by atoms with E-state index in [-0.39, 0.29) is 5.41 Å². The lowest BCUT2D eigenvalue weighted by Crippen LogP contribution is -2.54. The summed E-state index contributed by atoms with van der Waals surface area (Å²) in [5, 5.41) is 0. The fourth-order valence-corrected chi connectivity index (χ4v) is 5.57. The maximum Gasteiger partial charge on any atom is 0.225 e. The van der Waals surface area contributed by atoms with Crippen molar-refractivity contribution in [1.29, 1.82) is 0 Å².